The molecule has 0 aromatic heterocycles. The second-order valence-corrected chi connectivity index (χ2v) is 4.73. The zero-order valence-corrected chi connectivity index (χ0v) is 11.6. The first-order valence-electron chi connectivity index (χ1n) is 6.90. The zero-order valence-electron chi connectivity index (χ0n) is 11.6. The molecule has 0 radical (unpaired) electrons. The third-order valence-corrected chi connectivity index (χ3v) is 3.58. The van der Waals surface area contributed by atoms with Crippen LogP contribution in [0.3, 0.4) is 0 Å². The van der Waals surface area contributed by atoms with Gasteiger partial charge in [-0.25, -0.2) is 0 Å². The quantitative estimate of drug-likeness (QED) is 0.718. The first kappa shape index (κ1) is 15.0. The Hall–Kier alpha value is -1.10. The van der Waals surface area contributed by atoms with E-state index in [1.54, 1.807) is 7.05 Å². The molecule has 5 nitrogen and oxygen atoms in total. The fraction of sp³-hybridized carbons (Fsp3) is 0.846. The summed E-state index contributed by atoms with van der Waals surface area (Å²) >= 11 is 0. The molecule has 1 saturated heterocycles. The van der Waals surface area contributed by atoms with E-state index in [9.17, 15) is 9.59 Å². The highest BCUT2D eigenvalue weighted by atomic mass is 16.2. The first-order chi connectivity index (χ1) is 8.63. The van der Waals surface area contributed by atoms with Crippen LogP contribution in [0.5, 0.6) is 0 Å². The molecule has 104 valence electrons. The molecule has 2 fully saturated rings. The number of hydrogen-bond donors (Lipinski definition) is 2. The van der Waals surface area contributed by atoms with E-state index < -0.39 is 0 Å². The van der Waals surface area contributed by atoms with Crippen molar-refractivity contribution < 1.29 is 9.59 Å². The number of carbonyl (C=O) groups is 2. The average Bonchev–Trinajstić information content (AvgIpc) is 3.09. The van der Waals surface area contributed by atoms with Crippen molar-refractivity contribution >= 4 is 11.8 Å². The summed E-state index contributed by atoms with van der Waals surface area (Å²) in [6.45, 7) is 4.73. The molecule has 1 aliphatic heterocycles. The monoisotopic (exact) mass is 255 g/mol. The van der Waals surface area contributed by atoms with E-state index in [-0.39, 0.29) is 29.8 Å². The van der Waals surface area contributed by atoms with E-state index >= 15 is 0 Å². The Morgan fingerprint density at radius 3 is 2.44 bits per heavy atom. The van der Waals surface area contributed by atoms with Gasteiger partial charge < -0.3 is 16.0 Å². The SMILES string of the molecule is CC.CNC(=O)CC(N)C1CN1C(=O)C1CCC1. The Bertz CT molecular complexity index is 303. The number of nitrogens with one attached hydrogen (secondary N) is 1. The third kappa shape index (κ3) is 3.45. The van der Waals surface area contributed by atoms with Crippen LogP contribution in [0.4, 0.5) is 0 Å². The second-order valence-electron chi connectivity index (χ2n) is 4.73. The fourth-order valence-corrected chi connectivity index (χ4v) is 2.12. The molecule has 2 atom stereocenters. The number of rotatable bonds is 4. The summed E-state index contributed by atoms with van der Waals surface area (Å²) in [5, 5.41) is 2.55. The largest absolute Gasteiger partial charge is 0.359 e. The number of amides is 2. The minimum Gasteiger partial charge on any atom is -0.359 e. The molecule has 2 rings (SSSR count). The van der Waals surface area contributed by atoms with E-state index in [0.717, 1.165) is 19.4 Å². The van der Waals surface area contributed by atoms with Gasteiger partial charge in [-0.2, -0.15) is 0 Å². The van der Waals surface area contributed by atoms with Gasteiger partial charge in [-0.1, -0.05) is 20.3 Å². The van der Waals surface area contributed by atoms with E-state index in [1.165, 1.54) is 6.42 Å². The second kappa shape index (κ2) is 6.73. The van der Waals surface area contributed by atoms with Gasteiger partial charge >= 0.3 is 0 Å². The normalized spacial score (nSPS) is 23.3. The Balaban J connectivity index is 0.000000771. The van der Waals surface area contributed by atoms with Crippen LogP contribution in [0.2, 0.25) is 0 Å². The van der Waals surface area contributed by atoms with Gasteiger partial charge in [0, 0.05) is 32.0 Å². The van der Waals surface area contributed by atoms with Gasteiger partial charge in [0.1, 0.15) is 0 Å². The van der Waals surface area contributed by atoms with Crippen LogP contribution >= 0.6 is 0 Å². The Kier molecular flexibility index (Phi) is 5.59. The molecular formula is C13H25N3O2. The minimum absolute atomic E-state index is 0.0598. The molecule has 3 N–H and O–H groups in total. The molecule has 2 amide bonds. The maximum absolute atomic E-state index is 11.8. The van der Waals surface area contributed by atoms with Crippen LogP contribution in [-0.2, 0) is 9.59 Å². The van der Waals surface area contributed by atoms with Crippen molar-refractivity contribution in [3.8, 4) is 0 Å². The molecule has 18 heavy (non-hydrogen) atoms. The third-order valence-electron chi connectivity index (χ3n) is 3.58. The smallest absolute Gasteiger partial charge is 0.226 e. The van der Waals surface area contributed by atoms with E-state index in [0.29, 0.717) is 6.42 Å². The van der Waals surface area contributed by atoms with Gasteiger partial charge in [-0.15, -0.1) is 0 Å². The standard InChI is InChI=1S/C11H19N3O2.C2H6/c1-13-10(15)5-8(12)9-6-14(9)11(16)7-3-2-4-7;1-2/h7-9H,2-6,12H2,1H3,(H,13,15);1-2H3. The summed E-state index contributed by atoms with van der Waals surface area (Å²) in [6.07, 6.45) is 3.51. The highest BCUT2D eigenvalue weighted by molar-refractivity contribution is 5.82. The minimum atomic E-state index is -0.219. The Morgan fingerprint density at radius 2 is 2.00 bits per heavy atom. The number of nitrogens with two attached hydrogens (primary N) is 1. The van der Waals surface area contributed by atoms with E-state index in [4.69, 9.17) is 5.73 Å². The van der Waals surface area contributed by atoms with Crippen molar-refractivity contribution in [2.24, 2.45) is 11.7 Å². The number of hydrogen-bond acceptors (Lipinski definition) is 3. The van der Waals surface area contributed by atoms with Gasteiger partial charge in [-0.3, -0.25) is 9.59 Å². The summed E-state index contributed by atoms with van der Waals surface area (Å²) in [6, 6.07) is -0.130. The summed E-state index contributed by atoms with van der Waals surface area (Å²) in [5.41, 5.74) is 5.89. The Morgan fingerprint density at radius 1 is 1.39 bits per heavy atom. The lowest BCUT2D eigenvalue weighted by molar-refractivity contribution is -0.133. The van der Waals surface area contributed by atoms with E-state index in [2.05, 4.69) is 5.32 Å². The first-order valence-corrected chi connectivity index (χ1v) is 6.90. The molecule has 1 aliphatic carbocycles. The molecule has 2 aliphatic rings. The van der Waals surface area contributed by atoms with Crippen LogP contribution in [-0.4, -0.2) is 42.4 Å². The van der Waals surface area contributed by atoms with Gasteiger partial charge in [0.2, 0.25) is 11.8 Å². The van der Waals surface area contributed by atoms with Crippen LogP contribution in [0.15, 0.2) is 0 Å². The lowest BCUT2D eigenvalue weighted by atomic mass is 9.85. The fourth-order valence-electron chi connectivity index (χ4n) is 2.12. The van der Waals surface area contributed by atoms with Crippen molar-refractivity contribution in [1.29, 1.82) is 0 Å². The maximum atomic E-state index is 11.8. The topological polar surface area (TPSA) is 75.2 Å². The lowest BCUT2D eigenvalue weighted by Crippen LogP contribution is -2.37. The molecule has 2 unspecified atom stereocenters. The van der Waals surface area contributed by atoms with Gasteiger partial charge in [0.25, 0.3) is 0 Å². The van der Waals surface area contributed by atoms with Gasteiger partial charge in [-0.05, 0) is 12.8 Å². The van der Waals surface area contributed by atoms with Crippen molar-refractivity contribution in [3.05, 3.63) is 0 Å². The van der Waals surface area contributed by atoms with Crippen LogP contribution in [0.1, 0.15) is 39.5 Å². The van der Waals surface area contributed by atoms with E-state index in [1.807, 2.05) is 18.7 Å². The molecule has 0 aromatic rings. The number of carbonyl (C=O) groups excluding carboxylic acids is 2. The predicted octanol–water partition coefficient (Wildman–Crippen LogP) is 0.487. The molecular weight excluding hydrogens is 230 g/mol. The zero-order chi connectivity index (χ0) is 13.7. The summed E-state index contributed by atoms with van der Waals surface area (Å²) in [4.78, 5) is 24.8. The molecule has 1 saturated carbocycles. The summed E-state index contributed by atoms with van der Waals surface area (Å²) < 4.78 is 0. The predicted molar refractivity (Wildman–Crippen MR) is 70.8 cm³/mol. The maximum Gasteiger partial charge on any atom is 0.226 e. The van der Waals surface area contributed by atoms with Gasteiger partial charge in [0.15, 0.2) is 0 Å². The molecule has 1 heterocycles. The van der Waals surface area contributed by atoms with Crippen molar-refractivity contribution in [2.75, 3.05) is 13.6 Å². The summed E-state index contributed by atoms with van der Waals surface area (Å²) in [5.74, 6) is 0.413. The molecule has 5 heteroatoms. The Labute approximate surface area is 109 Å². The molecule has 0 bridgehead atoms. The highest BCUT2D eigenvalue weighted by Crippen LogP contribution is 2.33. The van der Waals surface area contributed by atoms with Crippen molar-refractivity contribution in [2.45, 2.75) is 51.6 Å². The lowest BCUT2D eigenvalue weighted by Gasteiger charge is -2.24. The van der Waals surface area contributed by atoms with Crippen molar-refractivity contribution in [1.82, 2.24) is 10.2 Å². The van der Waals surface area contributed by atoms with Gasteiger partial charge in [0.05, 0.1) is 6.04 Å². The van der Waals surface area contributed by atoms with Crippen LogP contribution < -0.4 is 11.1 Å². The van der Waals surface area contributed by atoms with Crippen molar-refractivity contribution in [3.63, 3.8) is 0 Å². The highest BCUT2D eigenvalue weighted by Gasteiger charge is 2.45. The molecule has 0 aromatic carbocycles. The number of nitrogens with zero attached hydrogens (tertiary/aromatic N) is 1. The average molecular weight is 255 g/mol. The molecule has 0 spiro atoms. The van der Waals surface area contributed by atoms with Crippen LogP contribution in [0.25, 0.3) is 0 Å². The van der Waals surface area contributed by atoms with Crippen LogP contribution in [0, 0.1) is 5.92 Å². The summed E-state index contributed by atoms with van der Waals surface area (Å²) in [7, 11) is 1.60.